The van der Waals surface area contributed by atoms with E-state index < -0.39 is 0 Å². The van der Waals surface area contributed by atoms with Crippen LogP contribution in [0.1, 0.15) is 147 Å². The molecule has 0 aromatic heterocycles. The topological polar surface area (TPSA) is 57.5 Å². The Labute approximate surface area is 230 Å². The summed E-state index contributed by atoms with van der Waals surface area (Å²) in [6, 6.07) is 22.1. The zero-order valence-electron chi connectivity index (χ0n) is 24.4. The molecular formula is C35H59NO. The van der Waals surface area contributed by atoms with Crippen molar-refractivity contribution < 1.29 is 5.48 Å². The molecule has 0 saturated carbocycles. The van der Waals surface area contributed by atoms with Crippen LogP contribution in [0.2, 0.25) is 0 Å². The van der Waals surface area contributed by atoms with Crippen LogP contribution in [0.5, 0.6) is 0 Å². The minimum absolute atomic E-state index is 0. The molecular weight excluding hydrogens is 450 g/mol. The Hall–Kier alpha value is -1.64. The number of benzene rings is 2. The van der Waals surface area contributed by atoms with Gasteiger partial charge in [0.15, 0.2) is 0 Å². The van der Waals surface area contributed by atoms with Crippen LogP contribution in [0.4, 0.5) is 0 Å². The van der Waals surface area contributed by atoms with Gasteiger partial charge in [-0.2, -0.15) is 0 Å². The van der Waals surface area contributed by atoms with E-state index in [1.165, 1.54) is 120 Å². The van der Waals surface area contributed by atoms with Crippen LogP contribution in [-0.4, -0.2) is 11.5 Å². The molecule has 2 rings (SSSR count). The molecule has 0 aliphatic heterocycles. The van der Waals surface area contributed by atoms with Crippen LogP contribution < -0.4 is 5.73 Å². The summed E-state index contributed by atoms with van der Waals surface area (Å²) in [6.07, 6.45) is 26.1. The number of nitrogens with two attached hydrogens (primary N) is 1. The molecule has 0 heterocycles. The largest absolute Gasteiger partial charge is 0.412 e. The molecule has 0 bridgehead atoms. The van der Waals surface area contributed by atoms with Crippen LogP contribution in [0.3, 0.4) is 0 Å². The molecule has 2 nitrogen and oxygen atoms in total. The molecule has 210 valence electrons. The van der Waals surface area contributed by atoms with Gasteiger partial charge in [0.25, 0.3) is 0 Å². The summed E-state index contributed by atoms with van der Waals surface area (Å²) in [5, 5.41) is 0. The Balaban J connectivity index is 0.00000684. The minimum Gasteiger partial charge on any atom is -0.412 e. The summed E-state index contributed by atoms with van der Waals surface area (Å²) < 4.78 is 0. The summed E-state index contributed by atoms with van der Waals surface area (Å²) in [5.41, 5.74) is 9.61. The second kappa shape index (κ2) is 21.3. The Morgan fingerprint density at radius 1 is 0.514 bits per heavy atom. The Morgan fingerprint density at radius 3 is 1.16 bits per heavy atom. The van der Waals surface area contributed by atoms with Gasteiger partial charge in [-0.05, 0) is 24.0 Å². The molecule has 2 heteroatoms. The van der Waals surface area contributed by atoms with E-state index in [1.807, 2.05) is 0 Å². The highest BCUT2D eigenvalue weighted by atomic mass is 16.0. The Morgan fingerprint density at radius 2 is 0.838 bits per heavy atom. The molecule has 1 unspecified atom stereocenters. The first kappa shape index (κ1) is 33.4. The third-order valence-electron chi connectivity index (χ3n) is 8.39. The number of rotatable bonds is 22. The van der Waals surface area contributed by atoms with Crippen molar-refractivity contribution in [1.82, 2.24) is 0 Å². The Bertz CT molecular complexity index is 705. The number of hydrogen-bond donors (Lipinski definition) is 1. The maximum absolute atomic E-state index is 6.99. The average Bonchev–Trinajstić information content (AvgIpc) is 2.92. The molecule has 0 amide bonds. The smallest absolute Gasteiger partial charge is 0.0351 e. The van der Waals surface area contributed by atoms with Crippen molar-refractivity contribution in [2.75, 3.05) is 0 Å². The monoisotopic (exact) mass is 509 g/mol. The van der Waals surface area contributed by atoms with E-state index in [0.29, 0.717) is 0 Å². The SMILES string of the molecule is CCCCCCCCCCCCCCCCCCCC(N)C(CC)(c1ccccc1)c1ccccc1.O. The van der Waals surface area contributed by atoms with Crippen molar-refractivity contribution >= 4 is 0 Å². The van der Waals surface area contributed by atoms with Crippen LogP contribution in [0.25, 0.3) is 0 Å². The van der Waals surface area contributed by atoms with Crippen LogP contribution in [-0.2, 0) is 5.41 Å². The fourth-order valence-corrected chi connectivity index (χ4v) is 6.07. The van der Waals surface area contributed by atoms with Gasteiger partial charge in [0.05, 0.1) is 0 Å². The summed E-state index contributed by atoms with van der Waals surface area (Å²) in [5.74, 6) is 0. The van der Waals surface area contributed by atoms with Crippen molar-refractivity contribution in [2.24, 2.45) is 5.73 Å². The van der Waals surface area contributed by atoms with Crippen molar-refractivity contribution in [3.63, 3.8) is 0 Å². The first-order chi connectivity index (χ1) is 17.8. The first-order valence-electron chi connectivity index (χ1n) is 15.6. The summed E-state index contributed by atoms with van der Waals surface area (Å²) in [6.45, 7) is 4.60. The third kappa shape index (κ3) is 12.2. The first-order valence-corrected chi connectivity index (χ1v) is 15.6. The zero-order valence-corrected chi connectivity index (χ0v) is 24.4. The van der Waals surface area contributed by atoms with Gasteiger partial charge in [-0.15, -0.1) is 0 Å². The molecule has 2 aromatic rings. The highest BCUT2D eigenvalue weighted by Gasteiger charge is 2.38. The lowest BCUT2D eigenvalue weighted by Gasteiger charge is -2.40. The number of unbranched alkanes of at least 4 members (excludes halogenated alkanes) is 16. The van der Waals surface area contributed by atoms with E-state index in [9.17, 15) is 0 Å². The van der Waals surface area contributed by atoms with Gasteiger partial charge in [-0.3, -0.25) is 0 Å². The molecule has 0 aliphatic carbocycles. The van der Waals surface area contributed by atoms with Gasteiger partial charge >= 0.3 is 0 Å². The fourth-order valence-electron chi connectivity index (χ4n) is 6.07. The second-order valence-corrected chi connectivity index (χ2v) is 11.1. The molecule has 1 atom stereocenters. The average molecular weight is 510 g/mol. The van der Waals surface area contributed by atoms with Gasteiger partial charge < -0.3 is 11.2 Å². The minimum atomic E-state index is -0.0996. The van der Waals surface area contributed by atoms with Crippen molar-refractivity contribution in [3.05, 3.63) is 71.8 Å². The predicted molar refractivity (Wildman–Crippen MR) is 164 cm³/mol. The Kier molecular flexibility index (Phi) is 19.2. The van der Waals surface area contributed by atoms with Crippen molar-refractivity contribution in [1.29, 1.82) is 0 Å². The van der Waals surface area contributed by atoms with Gasteiger partial charge in [0, 0.05) is 11.5 Å². The predicted octanol–water partition coefficient (Wildman–Crippen LogP) is 9.93. The molecule has 37 heavy (non-hydrogen) atoms. The van der Waals surface area contributed by atoms with E-state index in [1.54, 1.807) is 0 Å². The normalized spacial score (nSPS) is 12.3. The summed E-state index contributed by atoms with van der Waals surface area (Å²) >= 11 is 0. The van der Waals surface area contributed by atoms with Crippen LogP contribution in [0.15, 0.2) is 60.7 Å². The van der Waals surface area contributed by atoms with Crippen molar-refractivity contribution in [3.8, 4) is 0 Å². The van der Waals surface area contributed by atoms with Crippen molar-refractivity contribution in [2.45, 2.75) is 147 Å². The second-order valence-electron chi connectivity index (χ2n) is 11.1. The maximum atomic E-state index is 6.99. The summed E-state index contributed by atoms with van der Waals surface area (Å²) in [7, 11) is 0. The molecule has 4 N–H and O–H groups in total. The van der Waals surface area contributed by atoms with E-state index >= 15 is 0 Å². The van der Waals surface area contributed by atoms with Gasteiger partial charge in [-0.25, -0.2) is 0 Å². The lowest BCUT2D eigenvalue weighted by molar-refractivity contribution is 0.363. The van der Waals surface area contributed by atoms with E-state index in [4.69, 9.17) is 5.73 Å². The van der Waals surface area contributed by atoms with Gasteiger partial charge in [0.2, 0.25) is 0 Å². The number of hydrogen-bond acceptors (Lipinski definition) is 1. The standard InChI is InChI=1S/C35H57N.H2O/c1-3-5-6-7-8-9-10-11-12-13-14-15-16-17-18-19-26-31-34(36)35(4-2,32-27-22-20-23-28-32)33-29-24-21-25-30-33;/h20-25,27-30,34H,3-19,26,31,36H2,1-2H3;1H2. The fraction of sp³-hybridized carbons (Fsp3) is 0.657. The molecule has 0 aliphatic rings. The molecule has 0 saturated heterocycles. The van der Waals surface area contributed by atoms with Crippen LogP contribution in [0, 0.1) is 0 Å². The third-order valence-corrected chi connectivity index (χ3v) is 8.39. The maximum Gasteiger partial charge on any atom is 0.0351 e. The lowest BCUT2D eigenvalue weighted by Crippen LogP contribution is -2.46. The summed E-state index contributed by atoms with van der Waals surface area (Å²) in [4.78, 5) is 0. The lowest BCUT2D eigenvalue weighted by atomic mass is 9.66. The van der Waals surface area contributed by atoms with Gasteiger partial charge in [0.1, 0.15) is 0 Å². The van der Waals surface area contributed by atoms with Gasteiger partial charge in [-0.1, -0.05) is 184 Å². The highest BCUT2D eigenvalue weighted by molar-refractivity contribution is 5.41. The van der Waals surface area contributed by atoms with Crippen LogP contribution >= 0.6 is 0 Å². The van der Waals surface area contributed by atoms with E-state index in [0.717, 1.165) is 12.8 Å². The van der Waals surface area contributed by atoms with E-state index in [-0.39, 0.29) is 16.9 Å². The molecule has 0 spiro atoms. The quantitative estimate of drug-likeness (QED) is 0.158. The zero-order chi connectivity index (χ0) is 25.7. The highest BCUT2D eigenvalue weighted by Crippen LogP contribution is 2.39. The van der Waals surface area contributed by atoms with E-state index in [2.05, 4.69) is 74.5 Å². The molecule has 0 fully saturated rings. The molecule has 0 radical (unpaired) electrons. The molecule has 2 aromatic carbocycles.